The molecule has 1 N–H and O–H groups in total. The number of urea groups is 1. The largest absolute Gasteiger partial charge is 0.492 e. The summed E-state index contributed by atoms with van der Waals surface area (Å²) >= 11 is 0. The molecule has 1 aliphatic heterocycles. The van der Waals surface area contributed by atoms with Gasteiger partial charge in [0.15, 0.2) is 11.5 Å². The molecule has 0 spiro atoms. The SMILES string of the molecule is Cc1cccc(OCCNC(=O)N(C)Cc2ccc3c(c2)OCO3)c1. The molecule has 25 heavy (non-hydrogen) atoms. The van der Waals surface area contributed by atoms with Crippen LogP contribution < -0.4 is 19.5 Å². The van der Waals surface area contributed by atoms with Gasteiger partial charge in [-0.25, -0.2) is 4.79 Å². The quantitative estimate of drug-likeness (QED) is 0.820. The maximum atomic E-state index is 12.1. The Morgan fingerprint density at radius 1 is 1.20 bits per heavy atom. The molecule has 0 aliphatic carbocycles. The van der Waals surface area contributed by atoms with Crippen molar-refractivity contribution in [3.63, 3.8) is 0 Å². The first-order valence-corrected chi connectivity index (χ1v) is 8.19. The Labute approximate surface area is 147 Å². The first-order chi connectivity index (χ1) is 12.1. The number of fused-ring (bicyclic) bond motifs is 1. The Morgan fingerprint density at radius 3 is 2.88 bits per heavy atom. The van der Waals surface area contributed by atoms with Gasteiger partial charge in [0.05, 0.1) is 6.54 Å². The van der Waals surface area contributed by atoms with E-state index < -0.39 is 0 Å². The number of aryl methyl sites for hydroxylation is 1. The first-order valence-electron chi connectivity index (χ1n) is 8.19. The molecule has 6 heteroatoms. The Morgan fingerprint density at radius 2 is 2.04 bits per heavy atom. The number of hydrogen-bond donors (Lipinski definition) is 1. The molecule has 1 heterocycles. The number of carbonyl (C=O) groups is 1. The molecule has 0 bridgehead atoms. The molecular formula is C19H22N2O4. The van der Waals surface area contributed by atoms with Crippen molar-refractivity contribution in [1.82, 2.24) is 10.2 Å². The van der Waals surface area contributed by atoms with Crippen LogP contribution in [0.15, 0.2) is 42.5 Å². The van der Waals surface area contributed by atoms with E-state index in [0.717, 1.165) is 28.4 Å². The van der Waals surface area contributed by atoms with Gasteiger partial charge >= 0.3 is 6.03 Å². The standard InChI is InChI=1S/C19H22N2O4/c1-14-4-3-5-16(10-14)23-9-8-20-19(22)21(2)12-15-6-7-17-18(11-15)25-13-24-17/h3-7,10-11H,8-9,12-13H2,1-2H3,(H,20,22). The molecule has 0 saturated carbocycles. The summed E-state index contributed by atoms with van der Waals surface area (Å²) in [4.78, 5) is 13.8. The van der Waals surface area contributed by atoms with E-state index in [1.807, 2.05) is 49.4 Å². The van der Waals surface area contributed by atoms with Gasteiger partial charge in [-0.1, -0.05) is 18.2 Å². The highest BCUT2D eigenvalue weighted by molar-refractivity contribution is 5.73. The number of amides is 2. The van der Waals surface area contributed by atoms with Crippen LogP contribution in [-0.4, -0.2) is 37.9 Å². The lowest BCUT2D eigenvalue weighted by Gasteiger charge is -2.18. The van der Waals surface area contributed by atoms with E-state index in [9.17, 15) is 4.79 Å². The molecule has 0 saturated heterocycles. The number of nitrogens with one attached hydrogen (secondary N) is 1. The van der Waals surface area contributed by atoms with E-state index in [1.54, 1.807) is 11.9 Å². The summed E-state index contributed by atoms with van der Waals surface area (Å²) in [6.07, 6.45) is 0. The number of rotatable bonds is 6. The van der Waals surface area contributed by atoms with Crippen LogP contribution in [0.5, 0.6) is 17.2 Å². The van der Waals surface area contributed by atoms with E-state index in [0.29, 0.717) is 19.7 Å². The third-order valence-electron chi connectivity index (χ3n) is 3.84. The summed E-state index contributed by atoms with van der Waals surface area (Å²) in [6.45, 7) is 3.61. The predicted octanol–water partition coefficient (Wildman–Crippen LogP) is 2.94. The van der Waals surface area contributed by atoms with Gasteiger partial charge in [-0.3, -0.25) is 0 Å². The van der Waals surface area contributed by atoms with Crippen LogP contribution in [0.1, 0.15) is 11.1 Å². The molecule has 132 valence electrons. The lowest BCUT2D eigenvalue weighted by atomic mass is 10.2. The highest BCUT2D eigenvalue weighted by atomic mass is 16.7. The monoisotopic (exact) mass is 342 g/mol. The van der Waals surface area contributed by atoms with Crippen LogP contribution in [0.4, 0.5) is 4.79 Å². The van der Waals surface area contributed by atoms with Gasteiger partial charge < -0.3 is 24.4 Å². The van der Waals surface area contributed by atoms with Gasteiger partial charge in [0.2, 0.25) is 6.79 Å². The number of ether oxygens (including phenoxy) is 3. The molecule has 3 rings (SSSR count). The van der Waals surface area contributed by atoms with Crippen molar-refractivity contribution in [2.24, 2.45) is 0 Å². The zero-order valence-corrected chi connectivity index (χ0v) is 14.5. The average molecular weight is 342 g/mol. The van der Waals surface area contributed by atoms with Crippen molar-refractivity contribution in [2.75, 3.05) is 27.0 Å². The summed E-state index contributed by atoms with van der Waals surface area (Å²) < 4.78 is 16.3. The van der Waals surface area contributed by atoms with Gasteiger partial charge in [0.25, 0.3) is 0 Å². The summed E-state index contributed by atoms with van der Waals surface area (Å²) in [6, 6.07) is 13.4. The van der Waals surface area contributed by atoms with Crippen LogP contribution in [-0.2, 0) is 6.54 Å². The predicted molar refractivity (Wildman–Crippen MR) is 94.1 cm³/mol. The van der Waals surface area contributed by atoms with Crippen LogP contribution in [0, 0.1) is 6.92 Å². The topological polar surface area (TPSA) is 60.0 Å². The molecule has 2 aromatic carbocycles. The van der Waals surface area contributed by atoms with Crippen molar-refractivity contribution in [3.05, 3.63) is 53.6 Å². The maximum absolute atomic E-state index is 12.1. The van der Waals surface area contributed by atoms with Gasteiger partial charge in [-0.15, -0.1) is 0 Å². The van der Waals surface area contributed by atoms with Crippen LogP contribution in [0.2, 0.25) is 0 Å². The molecule has 0 unspecified atom stereocenters. The number of benzene rings is 2. The smallest absolute Gasteiger partial charge is 0.317 e. The third kappa shape index (κ3) is 4.56. The molecule has 0 atom stereocenters. The van der Waals surface area contributed by atoms with Crippen LogP contribution in [0.3, 0.4) is 0 Å². The molecule has 0 aromatic heterocycles. The summed E-state index contributed by atoms with van der Waals surface area (Å²) in [7, 11) is 1.75. The van der Waals surface area contributed by atoms with Crippen molar-refractivity contribution in [2.45, 2.75) is 13.5 Å². The van der Waals surface area contributed by atoms with Crippen molar-refractivity contribution >= 4 is 6.03 Å². The Balaban J connectivity index is 1.42. The molecular weight excluding hydrogens is 320 g/mol. The molecule has 1 aliphatic rings. The minimum absolute atomic E-state index is 0.148. The van der Waals surface area contributed by atoms with Gasteiger partial charge in [-0.05, 0) is 42.3 Å². The summed E-state index contributed by atoms with van der Waals surface area (Å²) in [5.74, 6) is 2.27. The molecule has 2 aromatic rings. The second kappa shape index (κ2) is 7.79. The second-order valence-electron chi connectivity index (χ2n) is 5.94. The van der Waals surface area contributed by atoms with Gasteiger partial charge in [0.1, 0.15) is 12.4 Å². The highest BCUT2D eigenvalue weighted by Crippen LogP contribution is 2.32. The first kappa shape index (κ1) is 17.0. The molecule has 6 nitrogen and oxygen atoms in total. The van der Waals surface area contributed by atoms with Crippen molar-refractivity contribution < 1.29 is 19.0 Å². The van der Waals surface area contributed by atoms with Crippen molar-refractivity contribution in [3.8, 4) is 17.2 Å². The number of nitrogens with zero attached hydrogens (tertiary/aromatic N) is 1. The zero-order chi connectivity index (χ0) is 17.6. The third-order valence-corrected chi connectivity index (χ3v) is 3.84. The highest BCUT2D eigenvalue weighted by Gasteiger charge is 2.15. The van der Waals surface area contributed by atoms with Crippen LogP contribution in [0.25, 0.3) is 0 Å². The summed E-state index contributed by atoms with van der Waals surface area (Å²) in [5.41, 5.74) is 2.13. The van der Waals surface area contributed by atoms with E-state index in [-0.39, 0.29) is 12.8 Å². The molecule has 0 fully saturated rings. The van der Waals surface area contributed by atoms with Gasteiger partial charge in [-0.2, -0.15) is 0 Å². The van der Waals surface area contributed by atoms with E-state index in [4.69, 9.17) is 14.2 Å². The lowest BCUT2D eigenvalue weighted by molar-refractivity contribution is 0.174. The summed E-state index contributed by atoms with van der Waals surface area (Å²) in [5, 5.41) is 2.85. The minimum atomic E-state index is -0.148. The van der Waals surface area contributed by atoms with Crippen molar-refractivity contribution in [1.29, 1.82) is 0 Å². The maximum Gasteiger partial charge on any atom is 0.317 e. The van der Waals surface area contributed by atoms with E-state index in [2.05, 4.69) is 5.32 Å². The fraction of sp³-hybridized carbons (Fsp3) is 0.316. The second-order valence-corrected chi connectivity index (χ2v) is 5.94. The van der Waals surface area contributed by atoms with Crippen LogP contribution >= 0.6 is 0 Å². The molecule has 2 amide bonds. The number of carbonyl (C=O) groups excluding carboxylic acids is 1. The molecule has 0 radical (unpaired) electrons. The average Bonchev–Trinajstić information content (AvgIpc) is 3.06. The zero-order valence-electron chi connectivity index (χ0n) is 14.5. The normalized spacial score (nSPS) is 11.9. The Hall–Kier alpha value is -2.89. The number of hydrogen-bond acceptors (Lipinski definition) is 4. The van der Waals surface area contributed by atoms with E-state index >= 15 is 0 Å². The minimum Gasteiger partial charge on any atom is -0.492 e. The Kier molecular flexibility index (Phi) is 5.28. The fourth-order valence-corrected chi connectivity index (χ4v) is 2.55. The Bertz CT molecular complexity index is 748. The fourth-order valence-electron chi connectivity index (χ4n) is 2.55. The van der Waals surface area contributed by atoms with Gasteiger partial charge in [0, 0.05) is 13.6 Å². The lowest BCUT2D eigenvalue weighted by Crippen LogP contribution is -2.38. The van der Waals surface area contributed by atoms with E-state index in [1.165, 1.54) is 0 Å².